The molecule has 1 aromatic carbocycles. The summed E-state index contributed by atoms with van der Waals surface area (Å²) < 4.78 is 0. The molecule has 0 aromatic heterocycles. The zero-order valence-corrected chi connectivity index (χ0v) is 10.2. The van der Waals surface area contributed by atoms with Crippen molar-refractivity contribution >= 4 is 29.2 Å². The predicted octanol–water partition coefficient (Wildman–Crippen LogP) is 1.28. The van der Waals surface area contributed by atoms with E-state index >= 15 is 0 Å². The maximum Gasteiger partial charge on any atom is 0.251 e. The molecule has 1 rings (SSSR count). The largest absolute Gasteiger partial charge is 0.545 e. The average molecular weight is 253 g/mol. The number of halogens is 1. The maximum atomic E-state index is 11.6. The number of rotatable bonds is 3. The van der Waals surface area contributed by atoms with E-state index in [1.807, 2.05) is 0 Å². The Balaban J connectivity index is 2.89. The number of carboxylic acid groups (broad SMARTS) is 1. The van der Waals surface area contributed by atoms with Crippen LogP contribution < -0.4 is 10.4 Å². The van der Waals surface area contributed by atoms with Gasteiger partial charge in [-0.15, -0.1) is 0 Å². The van der Waals surface area contributed by atoms with Crippen LogP contribution in [-0.2, 0) is 9.59 Å². The Kier molecular flexibility index (Phi) is 4.29. The predicted molar refractivity (Wildman–Crippen MR) is 63.6 cm³/mol. The highest BCUT2D eigenvalue weighted by Gasteiger charge is 2.08. The van der Waals surface area contributed by atoms with E-state index in [-0.39, 0.29) is 5.57 Å². The standard InChI is InChI=1S/C12H12ClNO3/c1-7(6-11(15)16)12(17)14-10-5-3-4-9(13)8(10)2/h3-6H,1-2H3,(H,14,17)(H,15,16)/p-1. The summed E-state index contributed by atoms with van der Waals surface area (Å²) in [6.45, 7) is 3.15. The maximum absolute atomic E-state index is 11.6. The van der Waals surface area contributed by atoms with Gasteiger partial charge < -0.3 is 15.2 Å². The molecule has 0 fully saturated rings. The summed E-state index contributed by atoms with van der Waals surface area (Å²) in [5, 5.41) is 13.4. The highest BCUT2D eigenvalue weighted by atomic mass is 35.5. The molecule has 0 aliphatic carbocycles. The molecule has 0 saturated carbocycles. The van der Waals surface area contributed by atoms with Crippen molar-refractivity contribution in [2.45, 2.75) is 13.8 Å². The molecule has 0 heterocycles. The first-order chi connectivity index (χ1) is 7.91. The Bertz CT molecular complexity index is 495. The first-order valence-corrected chi connectivity index (χ1v) is 5.25. The lowest BCUT2D eigenvalue weighted by atomic mass is 10.2. The Labute approximate surface area is 104 Å². The Morgan fingerprint density at radius 3 is 2.65 bits per heavy atom. The van der Waals surface area contributed by atoms with E-state index in [0.717, 1.165) is 11.6 Å². The Hall–Kier alpha value is -1.81. The van der Waals surface area contributed by atoms with Crippen molar-refractivity contribution in [3.8, 4) is 0 Å². The monoisotopic (exact) mass is 252 g/mol. The van der Waals surface area contributed by atoms with Gasteiger partial charge in [0.15, 0.2) is 0 Å². The molecule has 4 nitrogen and oxygen atoms in total. The van der Waals surface area contributed by atoms with Gasteiger partial charge in [0.05, 0.1) is 5.97 Å². The molecule has 90 valence electrons. The Morgan fingerprint density at radius 2 is 2.06 bits per heavy atom. The fraction of sp³-hybridized carbons (Fsp3) is 0.167. The van der Waals surface area contributed by atoms with E-state index < -0.39 is 11.9 Å². The van der Waals surface area contributed by atoms with E-state index in [1.165, 1.54) is 6.92 Å². The molecule has 17 heavy (non-hydrogen) atoms. The summed E-state index contributed by atoms with van der Waals surface area (Å²) in [5.74, 6) is -1.90. The van der Waals surface area contributed by atoms with Crippen molar-refractivity contribution in [3.05, 3.63) is 40.4 Å². The number of anilines is 1. The van der Waals surface area contributed by atoms with Gasteiger partial charge in [-0.25, -0.2) is 0 Å². The van der Waals surface area contributed by atoms with Crippen LogP contribution in [0.5, 0.6) is 0 Å². The van der Waals surface area contributed by atoms with Crippen molar-refractivity contribution in [1.82, 2.24) is 0 Å². The normalized spacial score (nSPS) is 11.1. The molecule has 5 heteroatoms. The lowest BCUT2D eigenvalue weighted by molar-refractivity contribution is -0.297. The van der Waals surface area contributed by atoms with Gasteiger partial charge in [0, 0.05) is 16.3 Å². The minimum absolute atomic E-state index is 0.0596. The third-order valence-corrected chi connectivity index (χ3v) is 2.62. The van der Waals surface area contributed by atoms with Gasteiger partial charge in [-0.3, -0.25) is 4.79 Å². The van der Waals surface area contributed by atoms with E-state index in [1.54, 1.807) is 25.1 Å². The SMILES string of the molecule is CC(=CC(=O)[O-])C(=O)Nc1cccc(Cl)c1C. The number of hydrogen-bond donors (Lipinski definition) is 1. The lowest BCUT2D eigenvalue weighted by Crippen LogP contribution is -2.22. The number of benzene rings is 1. The van der Waals surface area contributed by atoms with Crippen LogP contribution in [0.25, 0.3) is 0 Å². The second-order valence-electron chi connectivity index (χ2n) is 3.51. The highest BCUT2D eigenvalue weighted by Crippen LogP contribution is 2.23. The van der Waals surface area contributed by atoms with Crippen molar-refractivity contribution in [2.24, 2.45) is 0 Å². The second-order valence-corrected chi connectivity index (χ2v) is 3.92. The molecule has 0 aliphatic rings. The van der Waals surface area contributed by atoms with Crippen molar-refractivity contribution < 1.29 is 14.7 Å². The third-order valence-electron chi connectivity index (χ3n) is 2.21. The number of hydrogen-bond acceptors (Lipinski definition) is 3. The molecule has 0 unspecified atom stereocenters. The molecule has 1 aromatic rings. The fourth-order valence-electron chi connectivity index (χ4n) is 1.21. The molecule has 0 saturated heterocycles. The summed E-state index contributed by atoms with van der Waals surface area (Å²) in [4.78, 5) is 21.9. The van der Waals surface area contributed by atoms with Gasteiger partial charge in [0.1, 0.15) is 0 Å². The van der Waals surface area contributed by atoms with E-state index in [0.29, 0.717) is 10.7 Å². The summed E-state index contributed by atoms with van der Waals surface area (Å²) in [6, 6.07) is 5.09. The van der Waals surface area contributed by atoms with E-state index in [2.05, 4.69) is 5.32 Å². The number of nitrogens with one attached hydrogen (secondary N) is 1. The molecule has 0 radical (unpaired) electrons. The van der Waals surface area contributed by atoms with Crippen LogP contribution in [0, 0.1) is 6.92 Å². The van der Waals surface area contributed by atoms with Crippen LogP contribution in [-0.4, -0.2) is 11.9 Å². The van der Waals surface area contributed by atoms with Gasteiger partial charge in [-0.1, -0.05) is 17.7 Å². The number of carbonyl (C=O) groups is 2. The van der Waals surface area contributed by atoms with Crippen LogP contribution in [0.1, 0.15) is 12.5 Å². The summed E-state index contributed by atoms with van der Waals surface area (Å²) in [6.07, 6.45) is 0.745. The molecule has 0 bridgehead atoms. The summed E-state index contributed by atoms with van der Waals surface area (Å²) in [7, 11) is 0. The van der Waals surface area contributed by atoms with E-state index in [4.69, 9.17) is 11.6 Å². The van der Waals surface area contributed by atoms with Gasteiger partial charge in [-0.2, -0.15) is 0 Å². The minimum atomic E-state index is -1.40. The number of carbonyl (C=O) groups excluding carboxylic acids is 2. The molecular weight excluding hydrogens is 242 g/mol. The van der Waals surface area contributed by atoms with Crippen LogP contribution >= 0.6 is 11.6 Å². The first kappa shape index (κ1) is 13.3. The Morgan fingerprint density at radius 1 is 1.41 bits per heavy atom. The van der Waals surface area contributed by atoms with Gasteiger partial charge in [-0.05, 0) is 37.6 Å². The van der Waals surface area contributed by atoms with Crippen molar-refractivity contribution in [1.29, 1.82) is 0 Å². The summed E-state index contributed by atoms with van der Waals surface area (Å²) >= 11 is 5.89. The van der Waals surface area contributed by atoms with Crippen molar-refractivity contribution in [3.63, 3.8) is 0 Å². The van der Waals surface area contributed by atoms with Crippen LogP contribution in [0.3, 0.4) is 0 Å². The number of aliphatic carboxylic acids is 1. The van der Waals surface area contributed by atoms with Gasteiger partial charge in [0.2, 0.25) is 0 Å². The highest BCUT2D eigenvalue weighted by molar-refractivity contribution is 6.31. The van der Waals surface area contributed by atoms with Crippen molar-refractivity contribution in [2.75, 3.05) is 5.32 Å². The third kappa shape index (κ3) is 3.60. The molecule has 1 amide bonds. The quantitative estimate of drug-likeness (QED) is 0.824. The molecule has 1 N–H and O–H groups in total. The van der Waals surface area contributed by atoms with Gasteiger partial charge in [0.25, 0.3) is 5.91 Å². The van der Waals surface area contributed by atoms with Crippen LogP contribution in [0.4, 0.5) is 5.69 Å². The smallest absolute Gasteiger partial charge is 0.251 e. The zero-order valence-electron chi connectivity index (χ0n) is 9.41. The number of amides is 1. The lowest BCUT2D eigenvalue weighted by Gasteiger charge is -2.09. The van der Waals surface area contributed by atoms with E-state index in [9.17, 15) is 14.7 Å². The molecule has 0 aliphatic heterocycles. The summed E-state index contributed by atoms with van der Waals surface area (Å²) in [5.41, 5.74) is 1.33. The molecule has 0 spiro atoms. The van der Waals surface area contributed by atoms with Gasteiger partial charge >= 0.3 is 0 Å². The molecular formula is C12H11ClNO3-. The first-order valence-electron chi connectivity index (χ1n) is 4.87. The van der Waals surface area contributed by atoms with Crippen LogP contribution in [0.15, 0.2) is 29.8 Å². The van der Waals surface area contributed by atoms with Crippen LogP contribution in [0.2, 0.25) is 5.02 Å². The zero-order chi connectivity index (χ0) is 13.0. The fourth-order valence-corrected chi connectivity index (χ4v) is 1.38. The number of carboxylic acids is 1. The molecule has 0 atom stereocenters. The second kappa shape index (κ2) is 5.50. The average Bonchev–Trinajstić information content (AvgIpc) is 2.23. The minimum Gasteiger partial charge on any atom is -0.545 e. The topological polar surface area (TPSA) is 69.2 Å².